The second kappa shape index (κ2) is 6.77. The number of carbonyl (C=O) groups excluding carboxylic acids is 1. The van der Waals surface area contributed by atoms with Gasteiger partial charge in [0.05, 0.1) is 11.6 Å². The van der Waals surface area contributed by atoms with Crippen molar-refractivity contribution >= 4 is 39.3 Å². The summed E-state index contributed by atoms with van der Waals surface area (Å²) in [6, 6.07) is 4.84. The van der Waals surface area contributed by atoms with Crippen LogP contribution in [-0.4, -0.2) is 34.4 Å². The van der Waals surface area contributed by atoms with Crippen molar-refractivity contribution in [3.05, 3.63) is 33.3 Å². The van der Waals surface area contributed by atoms with Gasteiger partial charge in [-0.3, -0.25) is 4.79 Å². The standard InChI is InChI=1S/C12H15BrClN3O2/c1-7(2)17(6-11(15)16-19)12(18)8-3-4-10(14)9(13)5-8/h3-5,7,19H,6H2,1-2H3,(H2,15,16). The number of amidine groups is 1. The molecular formula is C12H15BrClN3O2. The monoisotopic (exact) mass is 347 g/mol. The molecule has 1 amide bonds. The van der Waals surface area contributed by atoms with Gasteiger partial charge in [0, 0.05) is 16.1 Å². The molecule has 0 heterocycles. The minimum Gasteiger partial charge on any atom is -0.409 e. The number of oxime groups is 1. The number of hydrogen-bond acceptors (Lipinski definition) is 3. The molecule has 0 atom stereocenters. The van der Waals surface area contributed by atoms with Crippen molar-refractivity contribution in [2.24, 2.45) is 10.9 Å². The van der Waals surface area contributed by atoms with Gasteiger partial charge in [0.15, 0.2) is 5.84 Å². The summed E-state index contributed by atoms with van der Waals surface area (Å²) in [5.74, 6) is -0.228. The van der Waals surface area contributed by atoms with Crippen molar-refractivity contribution in [3.8, 4) is 0 Å². The maximum Gasteiger partial charge on any atom is 0.254 e. The molecule has 7 heteroatoms. The summed E-state index contributed by atoms with van der Waals surface area (Å²) >= 11 is 9.16. The second-order valence-corrected chi connectivity index (χ2v) is 5.51. The molecule has 3 N–H and O–H groups in total. The van der Waals surface area contributed by atoms with E-state index < -0.39 is 0 Å². The van der Waals surface area contributed by atoms with Gasteiger partial charge in [0.1, 0.15) is 0 Å². The van der Waals surface area contributed by atoms with Crippen molar-refractivity contribution in [1.29, 1.82) is 0 Å². The molecule has 104 valence electrons. The number of benzene rings is 1. The van der Waals surface area contributed by atoms with E-state index in [0.717, 1.165) is 0 Å². The Labute approximate surface area is 125 Å². The Kier molecular flexibility index (Phi) is 5.62. The normalized spacial score (nSPS) is 11.7. The second-order valence-electron chi connectivity index (χ2n) is 4.25. The molecule has 0 aliphatic rings. The van der Waals surface area contributed by atoms with Crippen molar-refractivity contribution in [2.45, 2.75) is 19.9 Å². The number of nitrogens with two attached hydrogens (primary N) is 1. The largest absolute Gasteiger partial charge is 0.409 e. The minimum atomic E-state index is -0.209. The molecule has 0 aromatic heterocycles. The Morgan fingerprint density at radius 1 is 1.58 bits per heavy atom. The Morgan fingerprint density at radius 2 is 2.21 bits per heavy atom. The fourth-order valence-electron chi connectivity index (χ4n) is 1.49. The van der Waals surface area contributed by atoms with E-state index in [9.17, 15) is 4.79 Å². The van der Waals surface area contributed by atoms with Gasteiger partial charge in [-0.25, -0.2) is 0 Å². The van der Waals surface area contributed by atoms with Crippen LogP contribution in [0.25, 0.3) is 0 Å². The third kappa shape index (κ3) is 4.11. The summed E-state index contributed by atoms with van der Waals surface area (Å²) in [7, 11) is 0. The van der Waals surface area contributed by atoms with Gasteiger partial charge in [-0.15, -0.1) is 0 Å². The minimum absolute atomic E-state index is 0.0184. The molecular weight excluding hydrogens is 334 g/mol. The van der Waals surface area contributed by atoms with Gasteiger partial charge in [-0.1, -0.05) is 16.8 Å². The Balaban J connectivity index is 3.02. The van der Waals surface area contributed by atoms with E-state index >= 15 is 0 Å². The number of amides is 1. The van der Waals surface area contributed by atoms with Crippen LogP contribution in [0.4, 0.5) is 0 Å². The predicted molar refractivity (Wildman–Crippen MR) is 78.7 cm³/mol. The molecule has 0 spiro atoms. The van der Waals surface area contributed by atoms with Crippen molar-refractivity contribution in [2.75, 3.05) is 6.54 Å². The summed E-state index contributed by atoms with van der Waals surface area (Å²) in [5.41, 5.74) is 5.94. The average Bonchev–Trinajstić information content (AvgIpc) is 2.37. The number of hydrogen-bond donors (Lipinski definition) is 2. The molecule has 0 fully saturated rings. The number of halogens is 2. The molecule has 0 bridgehead atoms. The summed E-state index contributed by atoms with van der Waals surface area (Å²) in [6.07, 6.45) is 0. The van der Waals surface area contributed by atoms with Crippen LogP contribution in [0.5, 0.6) is 0 Å². The fourth-order valence-corrected chi connectivity index (χ4v) is 1.99. The highest BCUT2D eigenvalue weighted by Crippen LogP contribution is 2.24. The van der Waals surface area contributed by atoms with Crippen LogP contribution in [0.3, 0.4) is 0 Å². The van der Waals surface area contributed by atoms with Gasteiger partial charge in [-0.2, -0.15) is 0 Å². The van der Waals surface area contributed by atoms with Gasteiger partial charge in [0.2, 0.25) is 0 Å². The van der Waals surface area contributed by atoms with E-state index in [2.05, 4.69) is 21.1 Å². The highest BCUT2D eigenvalue weighted by atomic mass is 79.9. The lowest BCUT2D eigenvalue weighted by molar-refractivity contribution is 0.0734. The predicted octanol–water partition coefficient (Wildman–Crippen LogP) is 2.70. The lowest BCUT2D eigenvalue weighted by Gasteiger charge is -2.26. The van der Waals surface area contributed by atoms with Gasteiger partial charge < -0.3 is 15.8 Å². The summed E-state index contributed by atoms with van der Waals surface area (Å²) in [6.45, 7) is 3.77. The first-order valence-electron chi connectivity index (χ1n) is 5.59. The van der Waals surface area contributed by atoms with E-state index in [4.69, 9.17) is 22.5 Å². The SMILES string of the molecule is CC(C)N(C/C(N)=N/O)C(=O)c1ccc(Cl)c(Br)c1. The molecule has 5 nitrogen and oxygen atoms in total. The van der Waals surface area contributed by atoms with Crippen LogP contribution in [0.1, 0.15) is 24.2 Å². The maximum atomic E-state index is 12.4. The maximum absolute atomic E-state index is 12.4. The number of carbonyl (C=O) groups is 1. The number of nitrogens with zero attached hydrogens (tertiary/aromatic N) is 2. The van der Waals surface area contributed by atoms with E-state index in [1.54, 1.807) is 18.2 Å². The van der Waals surface area contributed by atoms with E-state index in [1.165, 1.54) is 4.90 Å². The summed E-state index contributed by atoms with van der Waals surface area (Å²) < 4.78 is 0.646. The average molecular weight is 349 g/mol. The zero-order chi connectivity index (χ0) is 14.6. The first-order valence-corrected chi connectivity index (χ1v) is 6.76. The van der Waals surface area contributed by atoms with Crippen LogP contribution < -0.4 is 5.73 Å². The Hall–Kier alpha value is -1.27. The van der Waals surface area contributed by atoms with Crippen molar-refractivity contribution in [3.63, 3.8) is 0 Å². The zero-order valence-corrected chi connectivity index (χ0v) is 12.9. The lowest BCUT2D eigenvalue weighted by atomic mass is 10.1. The molecule has 19 heavy (non-hydrogen) atoms. The van der Waals surface area contributed by atoms with Crippen LogP contribution in [0.15, 0.2) is 27.8 Å². The van der Waals surface area contributed by atoms with Crippen LogP contribution >= 0.6 is 27.5 Å². The molecule has 0 unspecified atom stereocenters. The van der Waals surface area contributed by atoms with Gasteiger partial charge >= 0.3 is 0 Å². The van der Waals surface area contributed by atoms with Crippen molar-refractivity contribution in [1.82, 2.24) is 4.90 Å². The zero-order valence-electron chi connectivity index (χ0n) is 10.6. The highest BCUT2D eigenvalue weighted by molar-refractivity contribution is 9.10. The molecule has 1 aromatic carbocycles. The van der Waals surface area contributed by atoms with Gasteiger partial charge in [0.25, 0.3) is 5.91 Å². The first-order chi connectivity index (χ1) is 8.86. The quantitative estimate of drug-likeness (QED) is 0.380. The van der Waals surface area contributed by atoms with Crippen LogP contribution in [0, 0.1) is 0 Å². The molecule has 0 aliphatic heterocycles. The molecule has 0 aliphatic carbocycles. The van der Waals surface area contributed by atoms with E-state index in [-0.39, 0.29) is 24.3 Å². The summed E-state index contributed by atoms with van der Waals surface area (Å²) in [5, 5.41) is 12.0. The van der Waals surface area contributed by atoms with Crippen LogP contribution in [0.2, 0.25) is 5.02 Å². The Bertz CT molecular complexity index is 506. The third-order valence-electron chi connectivity index (χ3n) is 2.51. The lowest BCUT2D eigenvalue weighted by Crippen LogP contribution is -2.42. The molecule has 1 rings (SSSR count). The molecule has 1 aromatic rings. The molecule has 0 radical (unpaired) electrons. The van der Waals surface area contributed by atoms with Gasteiger partial charge in [-0.05, 0) is 48.0 Å². The summed E-state index contributed by atoms with van der Waals surface area (Å²) in [4.78, 5) is 13.9. The topological polar surface area (TPSA) is 78.9 Å². The highest BCUT2D eigenvalue weighted by Gasteiger charge is 2.20. The molecule has 0 saturated heterocycles. The smallest absolute Gasteiger partial charge is 0.254 e. The molecule has 0 saturated carbocycles. The van der Waals surface area contributed by atoms with E-state index in [0.29, 0.717) is 15.1 Å². The third-order valence-corrected chi connectivity index (χ3v) is 3.73. The Morgan fingerprint density at radius 3 is 2.68 bits per heavy atom. The number of rotatable bonds is 4. The van der Waals surface area contributed by atoms with Crippen LogP contribution in [-0.2, 0) is 0 Å². The van der Waals surface area contributed by atoms with Crippen molar-refractivity contribution < 1.29 is 10.0 Å². The van der Waals surface area contributed by atoms with E-state index in [1.807, 2.05) is 13.8 Å². The first kappa shape index (κ1) is 15.8. The fraction of sp³-hybridized carbons (Fsp3) is 0.333.